The number of carbonyl (C=O) groups excluding carboxylic acids is 3. The molecule has 0 radical (unpaired) electrons. The van der Waals surface area contributed by atoms with Crippen LogP contribution in [0.5, 0.6) is 0 Å². The lowest BCUT2D eigenvalue weighted by molar-refractivity contribution is -0.125. The predicted molar refractivity (Wildman–Crippen MR) is 93.0 cm³/mol. The molecule has 1 atom stereocenters. The highest BCUT2D eigenvalue weighted by Crippen LogP contribution is 2.39. The number of rotatable bonds is 8. The number of nitrogens with zero attached hydrogens (tertiary/aromatic N) is 1. The Morgan fingerprint density at radius 3 is 2.64 bits per heavy atom. The number of Topliss-reactive ketones (excluding diaryl/α,β-unsaturated/α-hetero) is 1. The van der Waals surface area contributed by atoms with Crippen LogP contribution < -0.4 is 5.32 Å². The van der Waals surface area contributed by atoms with Gasteiger partial charge in [-0.1, -0.05) is 12.1 Å². The van der Waals surface area contributed by atoms with Crippen molar-refractivity contribution in [2.75, 3.05) is 12.4 Å². The van der Waals surface area contributed by atoms with Crippen LogP contribution in [0.1, 0.15) is 37.0 Å². The second-order valence-electron chi connectivity index (χ2n) is 6.20. The van der Waals surface area contributed by atoms with E-state index in [2.05, 4.69) is 11.4 Å². The molecule has 1 fully saturated rings. The Morgan fingerprint density at radius 1 is 1.36 bits per heavy atom. The van der Waals surface area contributed by atoms with E-state index in [0.29, 0.717) is 10.5 Å². The van der Waals surface area contributed by atoms with Gasteiger partial charge in [-0.3, -0.25) is 9.59 Å². The molecule has 7 heteroatoms. The Bertz CT molecular complexity index is 724. The van der Waals surface area contributed by atoms with Gasteiger partial charge in [0.2, 0.25) is 0 Å². The Balaban J connectivity index is 1.93. The summed E-state index contributed by atoms with van der Waals surface area (Å²) in [5.41, 5.74) is -0.606. The van der Waals surface area contributed by atoms with E-state index in [4.69, 9.17) is 4.74 Å². The Hall–Kier alpha value is -2.33. The van der Waals surface area contributed by atoms with E-state index in [-0.39, 0.29) is 17.5 Å². The molecular formula is C18H20N2O4S. The number of hydrogen-bond acceptors (Lipinski definition) is 6. The van der Waals surface area contributed by atoms with E-state index < -0.39 is 24.0 Å². The number of nitriles is 1. The predicted octanol–water partition coefficient (Wildman–Crippen LogP) is 2.33. The van der Waals surface area contributed by atoms with E-state index in [0.717, 1.165) is 12.8 Å². The molecule has 1 N–H and O–H groups in total. The van der Waals surface area contributed by atoms with Crippen LogP contribution in [-0.4, -0.2) is 35.6 Å². The Kier molecular flexibility index (Phi) is 6.21. The number of carbonyl (C=O) groups is 3. The number of ether oxygens (including phenoxy) is 1. The van der Waals surface area contributed by atoms with E-state index in [9.17, 15) is 19.6 Å². The van der Waals surface area contributed by atoms with E-state index >= 15 is 0 Å². The standard InChI is InChI=1S/C18H20N2O4S/c1-12(21)10-25-15-6-4-3-5-14(15)17(23)24-9-16(22)20-18(2,11-19)13-7-8-13/h3-6,13H,7-10H2,1-2H3,(H,20,22)/t18-/m1/s1. The van der Waals surface area contributed by atoms with E-state index in [1.54, 1.807) is 31.2 Å². The normalized spacial score (nSPS) is 15.6. The van der Waals surface area contributed by atoms with Crippen LogP contribution in [0.3, 0.4) is 0 Å². The molecule has 0 spiro atoms. The quantitative estimate of drug-likeness (QED) is 0.565. The average Bonchev–Trinajstić information content (AvgIpc) is 3.43. The number of hydrogen-bond donors (Lipinski definition) is 1. The smallest absolute Gasteiger partial charge is 0.339 e. The first-order valence-electron chi connectivity index (χ1n) is 7.96. The maximum Gasteiger partial charge on any atom is 0.339 e. The monoisotopic (exact) mass is 360 g/mol. The fourth-order valence-corrected chi connectivity index (χ4v) is 3.20. The van der Waals surface area contributed by atoms with Gasteiger partial charge < -0.3 is 10.1 Å². The van der Waals surface area contributed by atoms with Gasteiger partial charge in [-0.2, -0.15) is 5.26 Å². The van der Waals surface area contributed by atoms with Crippen LogP contribution in [0, 0.1) is 17.2 Å². The molecule has 0 unspecified atom stereocenters. The molecule has 0 aliphatic heterocycles. The minimum absolute atomic E-state index is 0.00316. The van der Waals surface area contributed by atoms with Gasteiger partial charge >= 0.3 is 5.97 Å². The van der Waals surface area contributed by atoms with Crippen molar-refractivity contribution in [1.82, 2.24) is 5.32 Å². The SMILES string of the molecule is CC(=O)CSc1ccccc1C(=O)OCC(=O)N[C@](C)(C#N)C1CC1. The lowest BCUT2D eigenvalue weighted by Gasteiger charge is -2.22. The van der Waals surface area contributed by atoms with Crippen LogP contribution in [0.4, 0.5) is 0 Å². The number of benzene rings is 1. The maximum atomic E-state index is 12.2. The first-order valence-corrected chi connectivity index (χ1v) is 8.95. The number of ketones is 1. The number of amides is 1. The fourth-order valence-electron chi connectivity index (χ4n) is 2.36. The van der Waals surface area contributed by atoms with Crippen molar-refractivity contribution < 1.29 is 19.1 Å². The summed E-state index contributed by atoms with van der Waals surface area (Å²) in [4.78, 5) is 36.0. The highest BCUT2D eigenvalue weighted by molar-refractivity contribution is 8.00. The molecule has 1 saturated carbocycles. The summed E-state index contributed by atoms with van der Waals surface area (Å²) in [6.07, 6.45) is 1.82. The van der Waals surface area contributed by atoms with E-state index in [1.807, 2.05) is 0 Å². The summed E-state index contributed by atoms with van der Waals surface area (Å²) in [6, 6.07) is 8.89. The second kappa shape index (κ2) is 8.17. The average molecular weight is 360 g/mol. The largest absolute Gasteiger partial charge is 0.452 e. The van der Waals surface area contributed by atoms with Gasteiger partial charge in [0.05, 0.1) is 17.4 Å². The number of nitrogens with one attached hydrogen (secondary N) is 1. The van der Waals surface area contributed by atoms with Crippen LogP contribution in [0.15, 0.2) is 29.2 Å². The molecule has 0 aromatic heterocycles. The minimum atomic E-state index is -0.918. The lowest BCUT2D eigenvalue weighted by atomic mass is 9.98. The molecule has 1 aliphatic carbocycles. The van der Waals surface area contributed by atoms with Gasteiger partial charge in [-0.15, -0.1) is 11.8 Å². The molecule has 1 aliphatic rings. The Labute approximate surface area is 150 Å². The molecule has 0 bridgehead atoms. The summed E-state index contributed by atoms with van der Waals surface area (Å²) in [7, 11) is 0. The van der Waals surface area contributed by atoms with Gasteiger partial charge in [-0.05, 0) is 44.7 Å². The Morgan fingerprint density at radius 2 is 2.04 bits per heavy atom. The van der Waals surface area contributed by atoms with Crippen LogP contribution in [0.25, 0.3) is 0 Å². The molecule has 25 heavy (non-hydrogen) atoms. The molecule has 0 saturated heterocycles. The highest BCUT2D eigenvalue weighted by atomic mass is 32.2. The number of thioether (sulfide) groups is 1. The topological polar surface area (TPSA) is 96.3 Å². The van der Waals surface area contributed by atoms with E-state index in [1.165, 1.54) is 18.7 Å². The van der Waals surface area contributed by atoms with Gasteiger partial charge in [0.1, 0.15) is 11.3 Å². The third kappa shape index (κ3) is 5.33. The molecule has 1 aromatic carbocycles. The molecule has 0 heterocycles. The van der Waals surface area contributed by atoms with Crippen molar-refractivity contribution in [3.63, 3.8) is 0 Å². The summed E-state index contributed by atoms with van der Waals surface area (Å²) in [5, 5.41) is 11.9. The third-order valence-corrected chi connectivity index (χ3v) is 5.12. The first-order chi connectivity index (χ1) is 11.9. The summed E-state index contributed by atoms with van der Waals surface area (Å²) < 4.78 is 5.07. The molecular weight excluding hydrogens is 340 g/mol. The summed E-state index contributed by atoms with van der Waals surface area (Å²) in [5.74, 6) is -0.721. The zero-order valence-corrected chi connectivity index (χ0v) is 15.0. The summed E-state index contributed by atoms with van der Waals surface area (Å²) >= 11 is 1.25. The third-order valence-electron chi connectivity index (χ3n) is 3.90. The molecule has 1 amide bonds. The second-order valence-corrected chi connectivity index (χ2v) is 7.22. The van der Waals surface area contributed by atoms with Crippen molar-refractivity contribution in [3.8, 4) is 6.07 Å². The highest BCUT2D eigenvalue weighted by Gasteiger charge is 2.43. The van der Waals surface area contributed by atoms with Gasteiger partial charge in [0, 0.05) is 4.90 Å². The first kappa shape index (κ1) is 19.0. The number of esters is 1. The fraction of sp³-hybridized carbons (Fsp3) is 0.444. The van der Waals surface area contributed by atoms with Crippen LogP contribution in [-0.2, 0) is 14.3 Å². The molecule has 6 nitrogen and oxygen atoms in total. The molecule has 132 valence electrons. The van der Waals surface area contributed by atoms with Crippen molar-refractivity contribution in [3.05, 3.63) is 29.8 Å². The minimum Gasteiger partial charge on any atom is -0.452 e. The van der Waals surface area contributed by atoms with Gasteiger partial charge in [-0.25, -0.2) is 4.79 Å². The summed E-state index contributed by atoms with van der Waals surface area (Å²) in [6.45, 7) is 2.71. The van der Waals surface area contributed by atoms with Crippen LogP contribution >= 0.6 is 11.8 Å². The van der Waals surface area contributed by atoms with Gasteiger partial charge in [0.25, 0.3) is 5.91 Å². The van der Waals surface area contributed by atoms with Crippen molar-refractivity contribution >= 4 is 29.4 Å². The van der Waals surface area contributed by atoms with Crippen molar-refractivity contribution in [1.29, 1.82) is 5.26 Å². The molecule has 2 rings (SSSR count). The zero-order chi connectivity index (χ0) is 18.4. The van der Waals surface area contributed by atoms with Gasteiger partial charge in [0.15, 0.2) is 6.61 Å². The van der Waals surface area contributed by atoms with Crippen molar-refractivity contribution in [2.45, 2.75) is 37.1 Å². The molecule has 1 aromatic rings. The maximum absolute atomic E-state index is 12.2. The van der Waals surface area contributed by atoms with Crippen LogP contribution in [0.2, 0.25) is 0 Å². The lowest BCUT2D eigenvalue weighted by Crippen LogP contribution is -2.48. The van der Waals surface area contributed by atoms with Crippen molar-refractivity contribution in [2.24, 2.45) is 5.92 Å². The zero-order valence-electron chi connectivity index (χ0n) is 14.2.